The van der Waals surface area contributed by atoms with Gasteiger partial charge >= 0.3 is 0 Å². The van der Waals surface area contributed by atoms with Crippen molar-refractivity contribution >= 4 is 11.8 Å². The highest BCUT2D eigenvalue weighted by Crippen LogP contribution is 2.37. The zero-order valence-electron chi connectivity index (χ0n) is 8.82. The molecule has 4 heteroatoms. The van der Waals surface area contributed by atoms with Crippen molar-refractivity contribution in [2.24, 2.45) is 0 Å². The summed E-state index contributed by atoms with van der Waals surface area (Å²) in [5.41, 5.74) is 0. The fraction of sp³-hybridized carbons (Fsp3) is 0.455. The van der Waals surface area contributed by atoms with E-state index in [0.717, 1.165) is 16.4 Å². The summed E-state index contributed by atoms with van der Waals surface area (Å²) in [5.74, 6) is 1.54. The number of fused-ring (bicyclic) bond motifs is 1. The molecule has 0 fully saturated rings. The van der Waals surface area contributed by atoms with E-state index in [1.54, 1.807) is 13.8 Å². The summed E-state index contributed by atoms with van der Waals surface area (Å²) in [6, 6.07) is 5.70. The van der Waals surface area contributed by atoms with Gasteiger partial charge in [0, 0.05) is 4.90 Å². The predicted octanol–water partition coefficient (Wildman–Crippen LogP) is 2.28. The van der Waals surface area contributed by atoms with Crippen LogP contribution in [0.4, 0.5) is 0 Å². The molecule has 0 amide bonds. The van der Waals surface area contributed by atoms with Gasteiger partial charge < -0.3 is 14.6 Å². The van der Waals surface area contributed by atoms with Gasteiger partial charge in [0.25, 0.3) is 0 Å². The van der Waals surface area contributed by atoms with Crippen molar-refractivity contribution in [2.75, 3.05) is 13.2 Å². The predicted molar refractivity (Wildman–Crippen MR) is 59.6 cm³/mol. The lowest BCUT2D eigenvalue weighted by Gasteiger charge is -2.21. The van der Waals surface area contributed by atoms with Gasteiger partial charge in [-0.2, -0.15) is 0 Å². The summed E-state index contributed by atoms with van der Waals surface area (Å²) < 4.78 is 10.9. The molecule has 0 spiro atoms. The molecule has 0 saturated heterocycles. The molecule has 0 aromatic heterocycles. The van der Waals surface area contributed by atoms with Crippen LogP contribution < -0.4 is 9.47 Å². The molecular formula is C11H14O3S. The number of hydrogen-bond donors (Lipinski definition) is 1. The number of ether oxygens (including phenoxy) is 2. The summed E-state index contributed by atoms with van der Waals surface area (Å²) >= 11 is 1.39. The van der Waals surface area contributed by atoms with Crippen molar-refractivity contribution in [3.63, 3.8) is 0 Å². The first kappa shape index (κ1) is 10.6. The van der Waals surface area contributed by atoms with Crippen LogP contribution in [-0.2, 0) is 0 Å². The van der Waals surface area contributed by atoms with Crippen molar-refractivity contribution in [3.8, 4) is 11.5 Å². The second kappa shape index (κ2) is 3.94. The minimum absolute atomic E-state index is 0.587. The van der Waals surface area contributed by atoms with Crippen molar-refractivity contribution in [1.82, 2.24) is 0 Å². The number of thioether (sulfide) groups is 1. The topological polar surface area (TPSA) is 38.7 Å². The van der Waals surface area contributed by atoms with E-state index in [2.05, 4.69) is 0 Å². The standard InChI is InChI=1S/C11H14O3S/c1-11(2,12)15-8-3-4-9-10(7-8)14-6-5-13-9/h3-4,7,12H,5-6H2,1-2H3. The molecule has 2 rings (SSSR count). The third-order valence-electron chi connectivity index (χ3n) is 1.88. The second-order valence-corrected chi connectivity index (χ2v) is 5.53. The first-order valence-corrected chi connectivity index (χ1v) is 5.67. The van der Waals surface area contributed by atoms with Crippen molar-refractivity contribution < 1.29 is 14.6 Å². The quantitative estimate of drug-likeness (QED) is 0.620. The van der Waals surface area contributed by atoms with Crippen LogP contribution in [0.5, 0.6) is 11.5 Å². The fourth-order valence-electron chi connectivity index (χ4n) is 1.38. The molecule has 1 heterocycles. The maximum atomic E-state index is 9.67. The number of aliphatic hydroxyl groups is 1. The Bertz CT molecular complexity index is 357. The van der Waals surface area contributed by atoms with Crippen molar-refractivity contribution in [2.45, 2.75) is 23.7 Å². The van der Waals surface area contributed by atoms with Gasteiger partial charge in [0.2, 0.25) is 0 Å². The average Bonchev–Trinajstić information content (AvgIpc) is 2.15. The second-order valence-electron chi connectivity index (χ2n) is 3.85. The third-order valence-corrected chi connectivity index (χ3v) is 2.87. The molecule has 0 aliphatic carbocycles. The minimum atomic E-state index is -0.774. The lowest BCUT2D eigenvalue weighted by Crippen LogP contribution is -2.15. The number of benzene rings is 1. The molecule has 0 radical (unpaired) electrons. The molecule has 1 aromatic carbocycles. The normalized spacial score (nSPS) is 15.1. The minimum Gasteiger partial charge on any atom is -0.486 e. The molecule has 1 aliphatic rings. The summed E-state index contributed by atoms with van der Waals surface area (Å²) in [6.07, 6.45) is 0. The van der Waals surface area contributed by atoms with Crippen LogP contribution in [0.2, 0.25) is 0 Å². The zero-order valence-corrected chi connectivity index (χ0v) is 9.63. The van der Waals surface area contributed by atoms with Crippen molar-refractivity contribution in [3.05, 3.63) is 18.2 Å². The van der Waals surface area contributed by atoms with Gasteiger partial charge in [-0.1, -0.05) is 11.8 Å². The Balaban J connectivity index is 2.21. The lowest BCUT2D eigenvalue weighted by molar-refractivity contribution is 0.170. The van der Waals surface area contributed by atoms with E-state index < -0.39 is 4.93 Å². The largest absolute Gasteiger partial charge is 0.486 e. The molecular weight excluding hydrogens is 212 g/mol. The van der Waals surface area contributed by atoms with Crippen LogP contribution in [0.3, 0.4) is 0 Å². The van der Waals surface area contributed by atoms with E-state index in [1.807, 2.05) is 18.2 Å². The van der Waals surface area contributed by atoms with Gasteiger partial charge in [-0.05, 0) is 32.0 Å². The molecule has 15 heavy (non-hydrogen) atoms. The molecule has 0 unspecified atom stereocenters. The van der Waals surface area contributed by atoms with Gasteiger partial charge in [0.15, 0.2) is 11.5 Å². The zero-order chi connectivity index (χ0) is 10.9. The highest BCUT2D eigenvalue weighted by Gasteiger charge is 2.17. The van der Waals surface area contributed by atoms with E-state index in [-0.39, 0.29) is 0 Å². The Morgan fingerprint density at radius 3 is 2.53 bits per heavy atom. The van der Waals surface area contributed by atoms with E-state index >= 15 is 0 Å². The Morgan fingerprint density at radius 1 is 1.20 bits per heavy atom. The molecule has 82 valence electrons. The van der Waals surface area contributed by atoms with Gasteiger partial charge in [-0.25, -0.2) is 0 Å². The Labute approximate surface area is 93.4 Å². The van der Waals surface area contributed by atoms with Crippen LogP contribution in [0, 0.1) is 0 Å². The van der Waals surface area contributed by atoms with Crippen LogP contribution >= 0.6 is 11.8 Å². The fourth-order valence-corrected chi connectivity index (χ4v) is 2.25. The Hall–Kier alpha value is -0.870. The SMILES string of the molecule is CC(C)(O)Sc1ccc2c(c1)OCCO2. The van der Waals surface area contributed by atoms with Crippen LogP contribution in [-0.4, -0.2) is 23.3 Å². The monoisotopic (exact) mass is 226 g/mol. The van der Waals surface area contributed by atoms with Crippen molar-refractivity contribution in [1.29, 1.82) is 0 Å². The molecule has 0 atom stereocenters. The van der Waals surface area contributed by atoms with Gasteiger partial charge in [-0.15, -0.1) is 0 Å². The van der Waals surface area contributed by atoms with E-state index in [4.69, 9.17) is 9.47 Å². The van der Waals surface area contributed by atoms with E-state index in [9.17, 15) is 5.11 Å². The van der Waals surface area contributed by atoms with Crippen LogP contribution in [0.25, 0.3) is 0 Å². The summed E-state index contributed by atoms with van der Waals surface area (Å²) in [7, 11) is 0. The maximum Gasteiger partial charge on any atom is 0.162 e. The van der Waals surface area contributed by atoms with Gasteiger partial charge in [0.1, 0.15) is 18.1 Å². The average molecular weight is 226 g/mol. The van der Waals surface area contributed by atoms with Crippen LogP contribution in [0.15, 0.2) is 23.1 Å². The van der Waals surface area contributed by atoms with Gasteiger partial charge in [0.05, 0.1) is 0 Å². The van der Waals surface area contributed by atoms with E-state index in [0.29, 0.717) is 13.2 Å². The molecule has 1 aromatic rings. The smallest absolute Gasteiger partial charge is 0.162 e. The highest BCUT2D eigenvalue weighted by atomic mass is 32.2. The van der Waals surface area contributed by atoms with Crippen LogP contribution in [0.1, 0.15) is 13.8 Å². The Morgan fingerprint density at radius 2 is 1.87 bits per heavy atom. The van der Waals surface area contributed by atoms with E-state index in [1.165, 1.54) is 11.8 Å². The summed E-state index contributed by atoms with van der Waals surface area (Å²) in [4.78, 5) is 0.204. The molecule has 1 N–H and O–H groups in total. The Kier molecular flexibility index (Phi) is 2.80. The first-order chi connectivity index (χ1) is 7.04. The molecule has 0 bridgehead atoms. The highest BCUT2D eigenvalue weighted by molar-refractivity contribution is 8.00. The molecule has 1 aliphatic heterocycles. The number of rotatable bonds is 2. The summed E-state index contributed by atoms with van der Waals surface area (Å²) in [6.45, 7) is 4.71. The third kappa shape index (κ3) is 2.79. The summed E-state index contributed by atoms with van der Waals surface area (Å²) in [5, 5.41) is 9.67. The van der Waals surface area contributed by atoms with Gasteiger partial charge in [-0.3, -0.25) is 0 Å². The lowest BCUT2D eigenvalue weighted by atomic mass is 10.3. The maximum absolute atomic E-state index is 9.67. The first-order valence-electron chi connectivity index (χ1n) is 4.86. The molecule has 0 saturated carbocycles. The number of hydrogen-bond acceptors (Lipinski definition) is 4. The molecule has 3 nitrogen and oxygen atoms in total.